The highest BCUT2D eigenvalue weighted by molar-refractivity contribution is 6.04. The molecule has 1 amide bonds. The lowest BCUT2D eigenvalue weighted by molar-refractivity contribution is -0.125. The van der Waals surface area contributed by atoms with E-state index in [0.29, 0.717) is 6.42 Å². The normalized spacial score (nSPS) is 24.5. The predicted molar refractivity (Wildman–Crippen MR) is 42.5 cm³/mol. The van der Waals surface area contributed by atoms with Crippen LogP contribution in [0.4, 0.5) is 0 Å². The van der Waals surface area contributed by atoms with Gasteiger partial charge < -0.3 is 4.90 Å². The monoisotopic (exact) mass is 152 g/mol. The second-order valence-electron chi connectivity index (χ2n) is 3.05. The number of fused-ring (bicyclic) bond motifs is 1. The first-order valence-electron chi connectivity index (χ1n) is 4.21. The van der Waals surface area contributed by atoms with Crippen molar-refractivity contribution in [2.24, 2.45) is 4.99 Å². The van der Waals surface area contributed by atoms with Crippen LogP contribution in [-0.4, -0.2) is 29.7 Å². The molecule has 0 bridgehead atoms. The minimum Gasteiger partial charge on any atom is -0.301 e. The summed E-state index contributed by atoms with van der Waals surface area (Å²) in [6, 6.07) is 0. The summed E-state index contributed by atoms with van der Waals surface area (Å²) >= 11 is 0. The first kappa shape index (κ1) is 6.83. The maximum absolute atomic E-state index is 11.2. The van der Waals surface area contributed by atoms with Crippen molar-refractivity contribution in [1.82, 2.24) is 4.90 Å². The summed E-state index contributed by atoms with van der Waals surface area (Å²) in [6.45, 7) is 1.82. The zero-order valence-corrected chi connectivity index (χ0v) is 6.55. The second kappa shape index (κ2) is 2.64. The molecular weight excluding hydrogens is 140 g/mol. The molecule has 0 radical (unpaired) electrons. The molecule has 0 aromatic heterocycles. The van der Waals surface area contributed by atoms with Gasteiger partial charge in [-0.2, -0.15) is 0 Å². The molecule has 0 spiro atoms. The summed E-state index contributed by atoms with van der Waals surface area (Å²) in [7, 11) is 0. The summed E-state index contributed by atoms with van der Waals surface area (Å²) in [5.41, 5.74) is 0. The van der Waals surface area contributed by atoms with E-state index in [2.05, 4.69) is 4.99 Å². The number of carbonyl (C=O) groups excluding carboxylic acids is 1. The van der Waals surface area contributed by atoms with E-state index < -0.39 is 0 Å². The number of amides is 1. The molecule has 0 saturated carbocycles. The van der Waals surface area contributed by atoms with Crippen molar-refractivity contribution < 1.29 is 4.79 Å². The summed E-state index contributed by atoms with van der Waals surface area (Å²) < 4.78 is 0. The van der Waals surface area contributed by atoms with Crippen molar-refractivity contribution in [3.63, 3.8) is 0 Å². The lowest BCUT2D eigenvalue weighted by Crippen LogP contribution is -2.29. The largest absolute Gasteiger partial charge is 0.301 e. The highest BCUT2D eigenvalue weighted by Crippen LogP contribution is 2.16. The lowest BCUT2D eigenvalue weighted by Gasteiger charge is -2.13. The van der Waals surface area contributed by atoms with Crippen LogP contribution in [0.1, 0.15) is 25.7 Å². The lowest BCUT2D eigenvalue weighted by atomic mass is 10.3. The quantitative estimate of drug-likeness (QED) is 0.505. The van der Waals surface area contributed by atoms with Crippen molar-refractivity contribution >= 4 is 11.7 Å². The molecule has 2 rings (SSSR count). The summed E-state index contributed by atoms with van der Waals surface area (Å²) in [5.74, 6) is 1.30. The molecule has 1 fully saturated rings. The van der Waals surface area contributed by atoms with Crippen LogP contribution in [0.5, 0.6) is 0 Å². The van der Waals surface area contributed by atoms with Gasteiger partial charge in [0, 0.05) is 25.9 Å². The smallest absolute Gasteiger partial charge is 0.228 e. The molecule has 2 aliphatic rings. The SMILES string of the molecule is O=C1CCC2=NCCCCN12. The van der Waals surface area contributed by atoms with Gasteiger partial charge in [0.05, 0.1) is 0 Å². The fourth-order valence-corrected chi connectivity index (χ4v) is 1.64. The molecule has 2 heterocycles. The third-order valence-corrected chi connectivity index (χ3v) is 2.26. The predicted octanol–water partition coefficient (Wildman–Crippen LogP) is 0.801. The summed E-state index contributed by atoms with van der Waals surface area (Å²) in [6.07, 6.45) is 3.80. The Bertz CT molecular complexity index is 210. The molecule has 3 heteroatoms. The molecule has 60 valence electrons. The number of carbonyl (C=O) groups is 1. The van der Waals surface area contributed by atoms with Crippen LogP contribution in [0, 0.1) is 0 Å². The van der Waals surface area contributed by atoms with E-state index >= 15 is 0 Å². The van der Waals surface area contributed by atoms with Gasteiger partial charge in [0.2, 0.25) is 5.91 Å². The molecule has 0 aromatic rings. The third-order valence-electron chi connectivity index (χ3n) is 2.26. The highest BCUT2D eigenvalue weighted by atomic mass is 16.2. The van der Waals surface area contributed by atoms with Crippen LogP contribution in [0.25, 0.3) is 0 Å². The molecule has 11 heavy (non-hydrogen) atoms. The van der Waals surface area contributed by atoms with Gasteiger partial charge in [0.1, 0.15) is 5.84 Å². The van der Waals surface area contributed by atoms with Crippen molar-refractivity contribution in [2.75, 3.05) is 13.1 Å². The number of amidine groups is 1. The Kier molecular flexibility index (Phi) is 1.64. The topological polar surface area (TPSA) is 32.7 Å². The van der Waals surface area contributed by atoms with Crippen LogP contribution in [0.3, 0.4) is 0 Å². The first-order chi connectivity index (χ1) is 5.38. The molecule has 2 aliphatic heterocycles. The Hall–Kier alpha value is -0.860. The molecule has 0 aliphatic carbocycles. The average Bonchev–Trinajstić information content (AvgIpc) is 2.25. The Balaban J connectivity index is 2.20. The van der Waals surface area contributed by atoms with E-state index in [1.54, 1.807) is 0 Å². The average molecular weight is 152 g/mol. The van der Waals surface area contributed by atoms with Crippen molar-refractivity contribution in [2.45, 2.75) is 25.7 Å². The Morgan fingerprint density at radius 1 is 1.27 bits per heavy atom. The molecule has 0 atom stereocenters. The summed E-state index contributed by atoms with van der Waals surface area (Å²) in [4.78, 5) is 17.4. The second-order valence-corrected chi connectivity index (χ2v) is 3.05. The van der Waals surface area contributed by atoms with E-state index in [0.717, 1.165) is 38.2 Å². The van der Waals surface area contributed by atoms with Crippen molar-refractivity contribution in [3.05, 3.63) is 0 Å². The molecule has 0 aromatic carbocycles. The Morgan fingerprint density at radius 3 is 3.09 bits per heavy atom. The number of hydrogen-bond donors (Lipinski definition) is 0. The van der Waals surface area contributed by atoms with E-state index in [1.807, 2.05) is 4.90 Å². The van der Waals surface area contributed by atoms with Gasteiger partial charge in [-0.05, 0) is 12.8 Å². The van der Waals surface area contributed by atoms with Crippen LogP contribution < -0.4 is 0 Å². The number of hydrogen-bond acceptors (Lipinski definition) is 2. The zero-order valence-electron chi connectivity index (χ0n) is 6.55. The molecule has 0 N–H and O–H groups in total. The minimum absolute atomic E-state index is 0.269. The maximum Gasteiger partial charge on any atom is 0.228 e. The van der Waals surface area contributed by atoms with E-state index in [-0.39, 0.29) is 5.91 Å². The van der Waals surface area contributed by atoms with Gasteiger partial charge in [0.25, 0.3) is 0 Å². The van der Waals surface area contributed by atoms with Crippen LogP contribution in [0.2, 0.25) is 0 Å². The van der Waals surface area contributed by atoms with E-state index in [4.69, 9.17) is 0 Å². The van der Waals surface area contributed by atoms with E-state index in [9.17, 15) is 4.79 Å². The highest BCUT2D eigenvalue weighted by Gasteiger charge is 2.27. The third kappa shape index (κ3) is 1.15. The number of aliphatic imine (C=N–C) groups is 1. The van der Waals surface area contributed by atoms with Crippen molar-refractivity contribution in [1.29, 1.82) is 0 Å². The molecule has 0 unspecified atom stereocenters. The Labute approximate surface area is 66.1 Å². The van der Waals surface area contributed by atoms with Crippen molar-refractivity contribution in [3.8, 4) is 0 Å². The fourth-order valence-electron chi connectivity index (χ4n) is 1.64. The maximum atomic E-state index is 11.2. The standard InChI is InChI=1S/C8H12N2O/c11-8-4-3-7-9-5-1-2-6-10(7)8/h1-6H2. The first-order valence-corrected chi connectivity index (χ1v) is 4.21. The zero-order chi connectivity index (χ0) is 7.68. The van der Waals surface area contributed by atoms with Gasteiger partial charge >= 0.3 is 0 Å². The fraction of sp³-hybridized carbons (Fsp3) is 0.750. The minimum atomic E-state index is 0.269. The van der Waals surface area contributed by atoms with Gasteiger partial charge in [-0.25, -0.2) is 0 Å². The van der Waals surface area contributed by atoms with Crippen LogP contribution in [-0.2, 0) is 4.79 Å². The van der Waals surface area contributed by atoms with Gasteiger partial charge in [-0.3, -0.25) is 9.79 Å². The summed E-state index contributed by atoms with van der Waals surface area (Å²) in [5, 5.41) is 0. The molecule has 1 saturated heterocycles. The van der Waals surface area contributed by atoms with Gasteiger partial charge in [0.15, 0.2) is 0 Å². The van der Waals surface area contributed by atoms with Crippen LogP contribution in [0.15, 0.2) is 4.99 Å². The molecule has 3 nitrogen and oxygen atoms in total. The Morgan fingerprint density at radius 2 is 2.18 bits per heavy atom. The van der Waals surface area contributed by atoms with Crippen LogP contribution >= 0.6 is 0 Å². The van der Waals surface area contributed by atoms with E-state index in [1.165, 1.54) is 0 Å². The number of nitrogens with zero attached hydrogens (tertiary/aromatic N) is 2. The number of rotatable bonds is 0. The van der Waals surface area contributed by atoms with Gasteiger partial charge in [-0.15, -0.1) is 0 Å². The van der Waals surface area contributed by atoms with Gasteiger partial charge in [-0.1, -0.05) is 0 Å². The molecular formula is C8H12N2O.